The third kappa shape index (κ3) is 3.78. The van der Waals surface area contributed by atoms with Crippen LogP contribution in [0, 0.1) is 5.92 Å². The van der Waals surface area contributed by atoms with Crippen molar-refractivity contribution in [2.45, 2.75) is 13.0 Å². The van der Waals surface area contributed by atoms with Crippen LogP contribution < -0.4 is 5.32 Å². The number of amides is 1. The first kappa shape index (κ1) is 14.0. The van der Waals surface area contributed by atoms with Gasteiger partial charge in [0.15, 0.2) is 0 Å². The Kier molecular flexibility index (Phi) is 4.93. The van der Waals surface area contributed by atoms with Crippen LogP contribution in [0.2, 0.25) is 0 Å². The van der Waals surface area contributed by atoms with Gasteiger partial charge in [0, 0.05) is 45.6 Å². The number of nitrogens with zero attached hydrogens (tertiary/aromatic N) is 3. The van der Waals surface area contributed by atoms with Crippen LogP contribution in [0.15, 0.2) is 12.4 Å². The lowest BCUT2D eigenvalue weighted by molar-refractivity contribution is -0.136. The van der Waals surface area contributed by atoms with Crippen LogP contribution in [0.3, 0.4) is 0 Å². The zero-order valence-electron chi connectivity index (χ0n) is 11.6. The molecule has 0 radical (unpaired) electrons. The number of aromatic nitrogens is 2. The predicted octanol–water partition coefficient (Wildman–Crippen LogP) is 0.00460. The topological polar surface area (TPSA) is 59.4 Å². The van der Waals surface area contributed by atoms with E-state index in [9.17, 15) is 4.79 Å². The molecule has 0 saturated carbocycles. The molecule has 19 heavy (non-hydrogen) atoms. The number of aryl methyl sites for hydroxylation is 1. The number of hydrogen-bond acceptors (Lipinski definition) is 4. The lowest BCUT2D eigenvalue weighted by Crippen LogP contribution is -2.38. The van der Waals surface area contributed by atoms with Gasteiger partial charge in [-0.25, -0.2) is 0 Å². The molecular weight excluding hydrogens is 244 g/mol. The van der Waals surface area contributed by atoms with Gasteiger partial charge in [-0.2, -0.15) is 5.10 Å². The smallest absolute Gasteiger partial charge is 0.227 e. The molecule has 1 aliphatic rings. The fourth-order valence-corrected chi connectivity index (χ4v) is 2.37. The molecule has 2 heterocycles. The van der Waals surface area contributed by atoms with Crippen molar-refractivity contribution in [3.63, 3.8) is 0 Å². The largest absolute Gasteiger partial charge is 0.383 e. The summed E-state index contributed by atoms with van der Waals surface area (Å²) >= 11 is 0. The Morgan fingerprint density at radius 1 is 1.68 bits per heavy atom. The minimum absolute atomic E-state index is 0.105. The van der Waals surface area contributed by atoms with Gasteiger partial charge in [0.2, 0.25) is 5.91 Å². The van der Waals surface area contributed by atoms with Crippen molar-refractivity contribution in [3.8, 4) is 0 Å². The number of ether oxygens (including phenoxy) is 1. The van der Waals surface area contributed by atoms with Gasteiger partial charge in [-0.1, -0.05) is 0 Å². The zero-order valence-corrected chi connectivity index (χ0v) is 11.6. The van der Waals surface area contributed by atoms with Crippen LogP contribution in [0.4, 0.5) is 0 Å². The van der Waals surface area contributed by atoms with Crippen molar-refractivity contribution in [2.75, 3.05) is 33.4 Å². The molecule has 1 aliphatic heterocycles. The van der Waals surface area contributed by atoms with Crippen LogP contribution >= 0.6 is 0 Å². The molecule has 0 unspecified atom stereocenters. The van der Waals surface area contributed by atoms with Gasteiger partial charge in [0.05, 0.1) is 18.7 Å². The second-order valence-corrected chi connectivity index (χ2v) is 4.96. The molecule has 6 nitrogen and oxygen atoms in total. The summed E-state index contributed by atoms with van der Waals surface area (Å²) in [5.74, 6) is 0.319. The summed E-state index contributed by atoms with van der Waals surface area (Å²) in [6.45, 7) is 3.51. The second-order valence-electron chi connectivity index (χ2n) is 4.96. The van der Waals surface area contributed by atoms with Crippen molar-refractivity contribution < 1.29 is 9.53 Å². The minimum atomic E-state index is 0.105. The first-order valence-electron chi connectivity index (χ1n) is 6.66. The minimum Gasteiger partial charge on any atom is -0.383 e. The van der Waals surface area contributed by atoms with Gasteiger partial charge in [0.1, 0.15) is 0 Å². The predicted molar refractivity (Wildman–Crippen MR) is 71.5 cm³/mol. The fraction of sp³-hybridized carbons (Fsp3) is 0.692. The molecule has 1 saturated heterocycles. The third-order valence-electron chi connectivity index (χ3n) is 3.42. The average molecular weight is 266 g/mol. The molecule has 0 spiro atoms. The number of nitrogens with one attached hydrogen (secondary N) is 1. The van der Waals surface area contributed by atoms with Crippen LogP contribution in [0.1, 0.15) is 12.0 Å². The number of hydrogen-bond donors (Lipinski definition) is 1. The highest BCUT2D eigenvalue weighted by atomic mass is 16.5. The summed E-state index contributed by atoms with van der Waals surface area (Å²) in [5, 5.41) is 7.38. The molecule has 1 atom stereocenters. The maximum atomic E-state index is 12.5. The van der Waals surface area contributed by atoms with Crippen molar-refractivity contribution in [1.29, 1.82) is 0 Å². The first-order valence-corrected chi connectivity index (χ1v) is 6.66. The zero-order chi connectivity index (χ0) is 13.7. The molecule has 0 aromatic carbocycles. The SMILES string of the molecule is COCCN(Cc1cnn(C)c1)C(=O)[C@H]1CCNC1. The Morgan fingerprint density at radius 2 is 2.53 bits per heavy atom. The van der Waals surface area contributed by atoms with E-state index in [1.54, 1.807) is 18.0 Å². The molecule has 1 aromatic heterocycles. The molecule has 106 valence electrons. The number of carbonyl (C=O) groups is 1. The average Bonchev–Trinajstić information content (AvgIpc) is 3.05. The molecular formula is C13H22N4O2. The summed E-state index contributed by atoms with van der Waals surface area (Å²) in [6, 6.07) is 0. The van der Waals surface area contributed by atoms with E-state index in [1.165, 1.54) is 0 Å². The third-order valence-corrected chi connectivity index (χ3v) is 3.42. The lowest BCUT2D eigenvalue weighted by Gasteiger charge is -2.24. The van der Waals surface area contributed by atoms with Crippen molar-refractivity contribution >= 4 is 5.91 Å². The quantitative estimate of drug-likeness (QED) is 0.787. The van der Waals surface area contributed by atoms with E-state index in [0.717, 1.165) is 25.1 Å². The second kappa shape index (κ2) is 6.68. The number of methoxy groups -OCH3 is 1. The number of rotatable bonds is 6. The molecule has 0 aliphatic carbocycles. The summed E-state index contributed by atoms with van der Waals surface area (Å²) in [4.78, 5) is 14.3. The van der Waals surface area contributed by atoms with Gasteiger partial charge in [-0.15, -0.1) is 0 Å². The van der Waals surface area contributed by atoms with E-state index in [0.29, 0.717) is 19.7 Å². The molecule has 1 amide bonds. The van der Waals surface area contributed by atoms with E-state index >= 15 is 0 Å². The first-order chi connectivity index (χ1) is 9.20. The monoisotopic (exact) mass is 266 g/mol. The molecule has 6 heteroatoms. The highest BCUT2D eigenvalue weighted by Crippen LogP contribution is 2.14. The Bertz CT molecular complexity index is 413. The molecule has 2 rings (SSSR count). The van der Waals surface area contributed by atoms with Gasteiger partial charge >= 0.3 is 0 Å². The van der Waals surface area contributed by atoms with Crippen LogP contribution in [-0.4, -0.2) is 53.9 Å². The molecule has 1 aromatic rings. The Hall–Kier alpha value is -1.40. The van der Waals surface area contributed by atoms with Crippen molar-refractivity contribution in [1.82, 2.24) is 20.0 Å². The lowest BCUT2D eigenvalue weighted by atomic mass is 10.1. The van der Waals surface area contributed by atoms with E-state index in [2.05, 4.69) is 10.4 Å². The number of carbonyl (C=O) groups excluding carboxylic acids is 1. The van der Waals surface area contributed by atoms with Gasteiger partial charge in [-0.3, -0.25) is 9.48 Å². The fourth-order valence-electron chi connectivity index (χ4n) is 2.37. The maximum absolute atomic E-state index is 12.5. The van der Waals surface area contributed by atoms with Gasteiger partial charge < -0.3 is 15.0 Å². The van der Waals surface area contributed by atoms with Crippen LogP contribution in [0.25, 0.3) is 0 Å². The summed E-state index contributed by atoms with van der Waals surface area (Å²) in [5.41, 5.74) is 1.05. The van der Waals surface area contributed by atoms with E-state index in [-0.39, 0.29) is 11.8 Å². The van der Waals surface area contributed by atoms with Crippen molar-refractivity contribution in [3.05, 3.63) is 18.0 Å². The normalized spacial score (nSPS) is 18.7. The van der Waals surface area contributed by atoms with Gasteiger partial charge in [0.25, 0.3) is 0 Å². The van der Waals surface area contributed by atoms with Gasteiger partial charge in [-0.05, 0) is 13.0 Å². The molecule has 1 N–H and O–H groups in total. The Labute approximate surface area is 113 Å². The Balaban J connectivity index is 1.99. The summed E-state index contributed by atoms with van der Waals surface area (Å²) in [7, 11) is 3.54. The maximum Gasteiger partial charge on any atom is 0.227 e. The molecule has 1 fully saturated rings. The van der Waals surface area contributed by atoms with E-state index in [4.69, 9.17) is 4.74 Å². The summed E-state index contributed by atoms with van der Waals surface area (Å²) < 4.78 is 6.85. The van der Waals surface area contributed by atoms with Crippen molar-refractivity contribution in [2.24, 2.45) is 13.0 Å². The highest BCUT2D eigenvalue weighted by Gasteiger charge is 2.27. The van der Waals surface area contributed by atoms with E-state index in [1.807, 2.05) is 18.1 Å². The van der Waals surface area contributed by atoms with E-state index < -0.39 is 0 Å². The molecule has 0 bridgehead atoms. The summed E-state index contributed by atoms with van der Waals surface area (Å²) in [6.07, 6.45) is 4.68. The van der Waals surface area contributed by atoms with Crippen LogP contribution in [0.5, 0.6) is 0 Å². The highest BCUT2D eigenvalue weighted by molar-refractivity contribution is 5.79. The standard InChI is InChI=1S/C13H22N4O2/c1-16-9-11(7-15-16)10-17(5-6-19-2)13(18)12-3-4-14-8-12/h7,9,12,14H,3-6,8,10H2,1-2H3/t12-/m0/s1. The Morgan fingerprint density at radius 3 is 3.11 bits per heavy atom. The van der Waals surface area contributed by atoms with Crippen LogP contribution in [-0.2, 0) is 23.1 Å².